The molecule has 3 saturated heterocycles. The van der Waals surface area contributed by atoms with Gasteiger partial charge in [-0.3, -0.25) is 0 Å². The summed E-state index contributed by atoms with van der Waals surface area (Å²) in [5, 5.41) is -0.139. The lowest BCUT2D eigenvalue weighted by Gasteiger charge is -2.52. The molecule has 6 nitrogen and oxygen atoms in total. The molecule has 24 heavy (non-hydrogen) atoms. The summed E-state index contributed by atoms with van der Waals surface area (Å²) in [5.41, 5.74) is 0.0296. The Labute approximate surface area is 145 Å². The predicted molar refractivity (Wildman–Crippen MR) is 91.4 cm³/mol. The maximum atomic E-state index is 11.9. The van der Waals surface area contributed by atoms with Crippen LogP contribution in [-0.4, -0.2) is 69.7 Å². The SMILES string of the molecule is O=S(=O)(NC[C@H]1CC2(CCN(CC3CCOCC3)CC2)O1)C1CC1. The third-order valence-corrected chi connectivity index (χ3v) is 8.03. The number of sulfonamides is 1. The Kier molecular flexibility index (Phi) is 4.90. The normalized spacial score (nSPS) is 31.9. The number of hydrogen-bond acceptors (Lipinski definition) is 5. The van der Waals surface area contributed by atoms with E-state index in [1.165, 1.54) is 19.4 Å². The summed E-state index contributed by atoms with van der Waals surface area (Å²) in [7, 11) is -3.07. The van der Waals surface area contributed by atoms with Gasteiger partial charge in [-0.2, -0.15) is 0 Å². The van der Waals surface area contributed by atoms with Crippen LogP contribution in [0.2, 0.25) is 0 Å². The highest BCUT2D eigenvalue weighted by Gasteiger charge is 2.47. The second-order valence-electron chi connectivity index (χ2n) is 8.08. The molecule has 4 rings (SSSR count). The van der Waals surface area contributed by atoms with Crippen LogP contribution < -0.4 is 4.72 Å². The minimum Gasteiger partial charge on any atom is -0.381 e. The Morgan fingerprint density at radius 3 is 2.38 bits per heavy atom. The fourth-order valence-electron chi connectivity index (χ4n) is 4.34. The van der Waals surface area contributed by atoms with Gasteiger partial charge in [-0.15, -0.1) is 0 Å². The van der Waals surface area contributed by atoms with Crippen LogP contribution in [0.5, 0.6) is 0 Å². The van der Waals surface area contributed by atoms with Crippen molar-refractivity contribution in [1.82, 2.24) is 9.62 Å². The topological polar surface area (TPSA) is 67.9 Å². The van der Waals surface area contributed by atoms with E-state index in [4.69, 9.17) is 9.47 Å². The van der Waals surface area contributed by atoms with E-state index in [0.717, 1.165) is 64.3 Å². The van der Waals surface area contributed by atoms with Crippen molar-refractivity contribution >= 4 is 10.0 Å². The second-order valence-corrected chi connectivity index (χ2v) is 10.1. The van der Waals surface area contributed by atoms with Crippen LogP contribution in [0.1, 0.15) is 44.9 Å². The van der Waals surface area contributed by atoms with E-state index in [-0.39, 0.29) is 17.0 Å². The van der Waals surface area contributed by atoms with Gasteiger partial charge in [-0.25, -0.2) is 13.1 Å². The molecule has 0 aromatic rings. The smallest absolute Gasteiger partial charge is 0.214 e. The van der Waals surface area contributed by atoms with Gasteiger partial charge in [0.25, 0.3) is 0 Å². The zero-order chi connectivity index (χ0) is 16.6. The number of likely N-dealkylation sites (tertiary alicyclic amines) is 1. The largest absolute Gasteiger partial charge is 0.381 e. The van der Waals surface area contributed by atoms with Crippen molar-refractivity contribution in [1.29, 1.82) is 0 Å². The molecular weight excluding hydrogens is 328 g/mol. The fraction of sp³-hybridized carbons (Fsp3) is 1.00. The molecule has 1 N–H and O–H groups in total. The lowest BCUT2D eigenvalue weighted by Crippen LogP contribution is -2.59. The monoisotopic (exact) mass is 358 g/mol. The quantitative estimate of drug-likeness (QED) is 0.771. The first-order chi connectivity index (χ1) is 11.5. The molecule has 0 unspecified atom stereocenters. The van der Waals surface area contributed by atoms with Gasteiger partial charge in [-0.1, -0.05) is 0 Å². The second kappa shape index (κ2) is 6.83. The highest BCUT2D eigenvalue weighted by Crippen LogP contribution is 2.41. The number of rotatable bonds is 6. The Morgan fingerprint density at radius 1 is 1.08 bits per heavy atom. The van der Waals surface area contributed by atoms with Crippen molar-refractivity contribution < 1.29 is 17.9 Å². The number of nitrogens with zero attached hydrogens (tertiary/aromatic N) is 1. The lowest BCUT2D eigenvalue weighted by molar-refractivity contribution is -0.222. The lowest BCUT2D eigenvalue weighted by atomic mass is 9.80. The molecule has 4 fully saturated rings. The van der Waals surface area contributed by atoms with E-state index >= 15 is 0 Å². The number of hydrogen-bond donors (Lipinski definition) is 1. The minimum atomic E-state index is -3.07. The highest BCUT2D eigenvalue weighted by atomic mass is 32.2. The molecule has 1 saturated carbocycles. The third kappa shape index (κ3) is 3.96. The average molecular weight is 359 g/mol. The minimum absolute atomic E-state index is 0.0296. The zero-order valence-corrected chi connectivity index (χ0v) is 15.2. The highest BCUT2D eigenvalue weighted by molar-refractivity contribution is 7.90. The van der Waals surface area contributed by atoms with Gasteiger partial charge in [0.2, 0.25) is 10.0 Å². The number of piperidine rings is 1. The molecule has 0 radical (unpaired) electrons. The standard InChI is InChI=1S/C17H30N2O4S/c20-24(21,16-1-2-16)18-12-15-11-17(23-15)5-7-19(8-6-17)13-14-3-9-22-10-4-14/h14-16,18H,1-13H2/t15-/m1/s1. The van der Waals surface area contributed by atoms with E-state index < -0.39 is 10.0 Å². The summed E-state index contributed by atoms with van der Waals surface area (Å²) >= 11 is 0. The summed E-state index contributed by atoms with van der Waals surface area (Å²) in [5.74, 6) is 0.791. The first kappa shape index (κ1) is 17.2. The molecule has 0 aromatic carbocycles. The van der Waals surface area contributed by atoms with Crippen molar-refractivity contribution in [3.63, 3.8) is 0 Å². The Bertz CT molecular complexity index is 527. The summed E-state index contributed by atoms with van der Waals surface area (Å²) in [6.45, 7) is 5.71. The van der Waals surface area contributed by atoms with E-state index in [9.17, 15) is 8.42 Å². The van der Waals surface area contributed by atoms with Gasteiger partial charge in [0, 0.05) is 45.8 Å². The van der Waals surface area contributed by atoms with Crippen LogP contribution in [0.4, 0.5) is 0 Å². The third-order valence-electron chi connectivity index (χ3n) is 6.12. The molecule has 3 heterocycles. The summed E-state index contributed by atoms with van der Waals surface area (Å²) in [6, 6.07) is 0. The molecule has 0 bridgehead atoms. The van der Waals surface area contributed by atoms with Gasteiger partial charge in [0.15, 0.2) is 0 Å². The Morgan fingerprint density at radius 2 is 1.75 bits per heavy atom. The molecule has 0 aromatic heterocycles. The molecule has 1 atom stereocenters. The maximum absolute atomic E-state index is 11.9. The van der Waals surface area contributed by atoms with Gasteiger partial charge in [0.1, 0.15) is 0 Å². The molecule has 4 aliphatic rings. The van der Waals surface area contributed by atoms with Crippen LogP contribution in [0.3, 0.4) is 0 Å². The summed E-state index contributed by atoms with van der Waals surface area (Å²) in [6.07, 6.45) is 7.26. The van der Waals surface area contributed by atoms with Gasteiger partial charge < -0.3 is 14.4 Å². The first-order valence-electron chi connectivity index (χ1n) is 9.51. The van der Waals surface area contributed by atoms with Crippen LogP contribution in [0.15, 0.2) is 0 Å². The summed E-state index contributed by atoms with van der Waals surface area (Å²) in [4.78, 5) is 2.58. The van der Waals surface area contributed by atoms with Gasteiger partial charge in [-0.05, 0) is 44.4 Å². The van der Waals surface area contributed by atoms with E-state index in [1.807, 2.05) is 0 Å². The molecule has 7 heteroatoms. The van der Waals surface area contributed by atoms with Crippen molar-refractivity contribution in [3.8, 4) is 0 Å². The van der Waals surface area contributed by atoms with E-state index in [0.29, 0.717) is 6.54 Å². The molecule has 1 spiro atoms. The predicted octanol–water partition coefficient (Wildman–Crippen LogP) is 1.12. The molecular formula is C17H30N2O4S. The van der Waals surface area contributed by atoms with Gasteiger partial charge in [0.05, 0.1) is 17.0 Å². The van der Waals surface area contributed by atoms with Crippen LogP contribution >= 0.6 is 0 Å². The van der Waals surface area contributed by atoms with Crippen molar-refractivity contribution in [2.45, 2.75) is 61.9 Å². The molecule has 138 valence electrons. The van der Waals surface area contributed by atoms with Crippen LogP contribution in [0.25, 0.3) is 0 Å². The molecule has 1 aliphatic carbocycles. The number of ether oxygens (including phenoxy) is 2. The summed E-state index contributed by atoms with van der Waals surface area (Å²) < 4.78 is 38.0. The van der Waals surface area contributed by atoms with Crippen molar-refractivity contribution in [3.05, 3.63) is 0 Å². The van der Waals surface area contributed by atoms with Crippen molar-refractivity contribution in [2.24, 2.45) is 5.92 Å². The number of nitrogens with one attached hydrogen (secondary N) is 1. The molecule has 3 aliphatic heterocycles. The van der Waals surface area contributed by atoms with E-state index in [1.54, 1.807) is 0 Å². The van der Waals surface area contributed by atoms with Crippen molar-refractivity contribution in [2.75, 3.05) is 39.4 Å². The van der Waals surface area contributed by atoms with E-state index in [2.05, 4.69) is 9.62 Å². The Hall–Kier alpha value is -0.210. The Balaban J connectivity index is 1.16. The average Bonchev–Trinajstić information content (AvgIpc) is 3.39. The fourth-order valence-corrected chi connectivity index (χ4v) is 5.75. The first-order valence-corrected chi connectivity index (χ1v) is 11.1. The van der Waals surface area contributed by atoms with Crippen LogP contribution in [-0.2, 0) is 19.5 Å². The van der Waals surface area contributed by atoms with Crippen LogP contribution in [0, 0.1) is 5.92 Å². The van der Waals surface area contributed by atoms with Gasteiger partial charge >= 0.3 is 0 Å². The maximum Gasteiger partial charge on any atom is 0.214 e. The zero-order valence-electron chi connectivity index (χ0n) is 14.4. The molecule has 0 amide bonds.